The third kappa shape index (κ3) is 2.17. The average molecular weight is 256 g/mol. The molecule has 0 unspecified atom stereocenters. The second-order valence-electron chi connectivity index (χ2n) is 3.99. The first-order chi connectivity index (χ1) is 7.93. The van der Waals surface area contributed by atoms with E-state index in [0.29, 0.717) is 24.2 Å². The highest BCUT2D eigenvalue weighted by Crippen LogP contribution is 2.22. The smallest absolute Gasteiger partial charge is 0.288 e. The average Bonchev–Trinajstić information content (AvgIpc) is 2.54. The van der Waals surface area contributed by atoms with Crippen LogP contribution in [-0.2, 0) is 16.6 Å². The third-order valence-electron chi connectivity index (χ3n) is 2.51. The quantitative estimate of drug-likeness (QED) is 0.791. The number of pyridine rings is 1. The summed E-state index contributed by atoms with van der Waals surface area (Å²) in [7, 11) is -4.76. The van der Waals surface area contributed by atoms with Gasteiger partial charge in [0.1, 0.15) is 5.65 Å². The number of nitrogens with zero attached hydrogens (tertiary/aromatic N) is 2. The van der Waals surface area contributed by atoms with Gasteiger partial charge in [0.05, 0.1) is 5.69 Å². The third-order valence-corrected chi connectivity index (χ3v) is 3.40. The van der Waals surface area contributed by atoms with Gasteiger partial charge in [0.25, 0.3) is 0 Å². The monoisotopic (exact) mass is 256 g/mol. The van der Waals surface area contributed by atoms with Crippen molar-refractivity contribution < 1.29 is 12.3 Å². The normalized spacial score (nSPS) is 12.2. The molecule has 2 aromatic heterocycles. The fourth-order valence-electron chi connectivity index (χ4n) is 1.84. The molecular formula is C11H13FN2O2S. The Hall–Kier alpha value is -1.43. The summed E-state index contributed by atoms with van der Waals surface area (Å²) in [6.07, 6.45) is 2.73. The molecule has 2 rings (SSSR count). The molecule has 0 aliphatic rings. The van der Waals surface area contributed by atoms with Crippen LogP contribution in [0.25, 0.3) is 5.65 Å². The van der Waals surface area contributed by atoms with Crippen molar-refractivity contribution in [1.82, 2.24) is 9.38 Å². The number of imidazole rings is 1. The molecule has 92 valence electrons. The second kappa shape index (κ2) is 4.10. The van der Waals surface area contributed by atoms with E-state index >= 15 is 0 Å². The number of hydrogen-bond acceptors (Lipinski definition) is 3. The van der Waals surface area contributed by atoms with Crippen molar-refractivity contribution in [2.24, 2.45) is 0 Å². The van der Waals surface area contributed by atoms with Gasteiger partial charge in [-0.05, 0) is 25.0 Å². The van der Waals surface area contributed by atoms with Crippen LogP contribution in [0.15, 0.2) is 23.4 Å². The Balaban J connectivity index is 2.83. The fourth-order valence-corrected chi connectivity index (χ4v) is 2.65. The Morgan fingerprint density at radius 2 is 2.12 bits per heavy atom. The lowest BCUT2D eigenvalue weighted by Gasteiger charge is -2.00. The first-order valence-electron chi connectivity index (χ1n) is 5.35. The first kappa shape index (κ1) is 12.0. The van der Waals surface area contributed by atoms with E-state index in [1.165, 1.54) is 4.40 Å². The lowest BCUT2D eigenvalue weighted by molar-refractivity contribution is 0.544. The van der Waals surface area contributed by atoms with Gasteiger partial charge in [0.15, 0.2) is 5.03 Å². The van der Waals surface area contributed by atoms with Crippen molar-refractivity contribution in [1.29, 1.82) is 0 Å². The van der Waals surface area contributed by atoms with Crippen molar-refractivity contribution in [2.45, 2.75) is 31.7 Å². The van der Waals surface area contributed by atoms with Crippen molar-refractivity contribution in [3.63, 3.8) is 0 Å². The maximum absolute atomic E-state index is 13.3. The zero-order valence-corrected chi connectivity index (χ0v) is 10.5. The van der Waals surface area contributed by atoms with Crippen LogP contribution in [0.4, 0.5) is 3.89 Å². The van der Waals surface area contributed by atoms with Gasteiger partial charge in [-0.2, -0.15) is 8.42 Å². The summed E-state index contributed by atoms with van der Waals surface area (Å²) in [6.45, 7) is 3.71. The van der Waals surface area contributed by atoms with E-state index in [1.54, 1.807) is 12.3 Å². The summed E-state index contributed by atoms with van der Waals surface area (Å²) >= 11 is 0. The highest BCUT2D eigenvalue weighted by molar-refractivity contribution is 7.86. The summed E-state index contributed by atoms with van der Waals surface area (Å²) < 4.78 is 37.0. The lowest BCUT2D eigenvalue weighted by Crippen LogP contribution is -2.02. The van der Waals surface area contributed by atoms with Gasteiger partial charge >= 0.3 is 10.2 Å². The highest BCUT2D eigenvalue weighted by atomic mass is 32.3. The van der Waals surface area contributed by atoms with E-state index < -0.39 is 10.2 Å². The van der Waals surface area contributed by atoms with Crippen LogP contribution >= 0.6 is 0 Å². The molecule has 2 heterocycles. The standard InChI is InChI=1S/C11H13FN2O2S/c1-3-4-9-11(17(12,15)16)14-7-8(2)5-6-10(14)13-9/h5-7H,3-4H2,1-2H3. The van der Waals surface area contributed by atoms with E-state index in [-0.39, 0.29) is 5.03 Å². The topological polar surface area (TPSA) is 51.4 Å². The molecule has 0 saturated carbocycles. The Morgan fingerprint density at radius 1 is 1.41 bits per heavy atom. The Morgan fingerprint density at radius 3 is 2.71 bits per heavy atom. The van der Waals surface area contributed by atoms with E-state index in [1.807, 2.05) is 19.9 Å². The molecule has 6 heteroatoms. The van der Waals surface area contributed by atoms with Gasteiger partial charge in [-0.15, -0.1) is 0 Å². The molecule has 0 amide bonds. The largest absolute Gasteiger partial charge is 0.350 e. The Kier molecular flexibility index (Phi) is 2.91. The van der Waals surface area contributed by atoms with Gasteiger partial charge in [0, 0.05) is 6.20 Å². The van der Waals surface area contributed by atoms with Gasteiger partial charge in [0.2, 0.25) is 0 Å². The van der Waals surface area contributed by atoms with Crippen molar-refractivity contribution in [2.75, 3.05) is 0 Å². The van der Waals surface area contributed by atoms with E-state index in [9.17, 15) is 12.3 Å². The molecule has 0 aromatic carbocycles. The van der Waals surface area contributed by atoms with Crippen molar-refractivity contribution >= 4 is 15.9 Å². The molecule has 0 radical (unpaired) electrons. The molecule has 0 aliphatic carbocycles. The van der Waals surface area contributed by atoms with Gasteiger partial charge in [-0.3, -0.25) is 4.40 Å². The molecule has 0 atom stereocenters. The SMILES string of the molecule is CCCc1nc2ccc(C)cn2c1S(=O)(=O)F. The van der Waals surface area contributed by atoms with Crippen LogP contribution < -0.4 is 0 Å². The molecule has 0 fully saturated rings. The minimum Gasteiger partial charge on any atom is -0.288 e. The molecule has 0 bridgehead atoms. The molecule has 0 N–H and O–H groups in total. The van der Waals surface area contributed by atoms with Crippen LogP contribution in [0.3, 0.4) is 0 Å². The minimum absolute atomic E-state index is 0.292. The van der Waals surface area contributed by atoms with Crippen LogP contribution in [-0.4, -0.2) is 17.8 Å². The number of hydrogen-bond donors (Lipinski definition) is 0. The summed E-state index contributed by atoms with van der Waals surface area (Å²) in [4.78, 5) is 4.15. The Bertz CT molecular complexity index is 661. The molecule has 17 heavy (non-hydrogen) atoms. The summed E-state index contributed by atoms with van der Waals surface area (Å²) in [5.41, 5.74) is 1.60. The number of fused-ring (bicyclic) bond motifs is 1. The zero-order valence-electron chi connectivity index (χ0n) is 9.64. The maximum atomic E-state index is 13.3. The van der Waals surface area contributed by atoms with Crippen LogP contribution in [0.2, 0.25) is 0 Å². The molecule has 0 spiro atoms. The highest BCUT2D eigenvalue weighted by Gasteiger charge is 2.23. The molecule has 2 aromatic rings. The summed E-state index contributed by atoms with van der Waals surface area (Å²) in [5.74, 6) is 0. The molecule has 0 saturated heterocycles. The van der Waals surface area contributed by atoms with Crippen LogP contribution in [0.5, 0.6) is 0 Å². The predicted molar refractivity (Wildman–Crippen MR) is 62.2 cm³/mol. The van der Waals surface area contributed by atoms with Crippen molar-refractivity contribution in [3.05, 3.63) is 29.6 Å². The molecule has 4 nitrogen and oxygen atoms in total. The van der Waals surface area contributed by atoms with Crippen LogP contribution in [0, 0.1) is 6.92 Å². The molecular weight excluding hydrogens is 243 g/mol. The van der Waals surface area contributed by atoms with E-state index in [4.69, 9.17) is 0 Å². The van der Waals surface area contributed by atoms with Gasteiger partial charge in [-0.1, -0.05) is 23.3 Å². The number of aryl methyl sites for hydroxylation is 2. The van der Waals surface area contributed by atoms with E-state index in [2.05, 4.69) is 4.98 Å². The second-order valence-corrected chi connectivity index (χ2v) is 5.25. The number of aromatic nitrogens is 2. The summed E-state index contributed by atoms with van der Waals surface area (Å²) in [6, 6.07) is 3.50. The van der Waals surface area contributed by atoms with Crippen LogP contribution in [0.1, 0.15) is 24.6 Å². The predicted octanol–water partition coefficient (Wildman–Crippen LogP) is 2.25. The zero-order chi connectivity index (χ0) is 12.6. The maximum Gasteiger partial charge on any atom is 0.350 e. The number of rotatable bonds is 3. The van der Waals surface area contributed by atoms with Crippen molar-refractivity contribution in [3.8, 4) is 0 Å². The van der Waals surface area contributed by atoms with E-state index in [0.717, 1.165) is 5.56 Å². The Labute approximate surface area is 99.3 Å². The molecule has 0 aliphatic heterocycles. The minimum atomic E-state index is -4.76. The fraction of sp³-hybridized carbons (Fsp3) is 0.364. The first-order valence-corrected chi connectivity index (χ1v) is 6.74. The summed E-state index contributed by atoms with van der Waals surface area (Å²) in [5, 5.41) is -0.335. The van der Waals surface area contributed by atoms with Gasteiger partial charge in [-0.25, -0.2) is 4.98 Å². The number of halogens is 1. The lowest BCUT2D eigenvalue weighted by atomic mass is 10.3. The van der Waals surface area contributed by atoms with Gasteiger partial charge < -0.3 is 0 Å².